The van der Waals surface area contributed by atoms with Crippen molar-refractivity contribution in [3.8, 4) is 11.5 Å². The predicted octanol–water partition coefficient (Wildman–Crippen LogP) is 1.94. The number of aliphatic hydroxyl groups excluding tert-OH is 1. The summed E-state index contributed by atoms with van der Waals surface area (Å²) in [5.41, 5.74) is 1.56. The molecule has 2 atom stereocenters. The Hall–Kier alpha value is -2.42. The largest absolute Gasteiger partial charge is 0.497 e. The highest BCUT2D eigenvalue weighted by Crippen LogP contribution is 2.22. The number of nitrogens with zero attached hydrogens (tertiary/aromatic N) is 1. The fraction of sp³-hybridized carbons (Fsp3) is 0.409. The molecule has 1 aliphatic rings. The van der Waals surface area contributed by atoms with Crippen LogP contribution in [0.4, 0.5) is 0 Å². The minimum Gasteiger partial charge on any atom is -0.497 e. The van der Waals surface area contributed by atoms with Crippen molar-refractivity contribution in [3.05, 3.63) is 59.7 Å². The van der Waals surface area contributed by atoms with Gasteiger partial charge in [-0.05, 0) is 48.4 Å². The molecule has 1 fully saturated rings. The molecule has 0 bridgehead atoms. The topological polar surface area (TPSA) is 93.1 Å². The number of hydrogen-bond donors (Lipinski definition) is 1. The average Bonchev–Trinajstić information content (AvgIpc) is 3.12. The zero-order valence-electron chi connectivity index (χ0n) is 16.9. The van der Waals surface area contributed by atoms with Gasteiger partial charge in [0.2, 0.25) is 0 Å². The van der Waals surface area contributed by atoms with Crippen LogP contribution in [0.25, 0.3) is 0 Å². The Morgan fingerprint density at radius 3 is 2.37 bits per heavy atom. The molecule has 0 saturated carbocycles. The highest BCUT2D eigenvalue weighted by Gasteiger charge is 2.33. The number of aldehydes is 1. The number of carbonyl (C=O) groups excluding carboxylic acids is 1. The third-order valence-electron chi connectivity index (χ3n) is 5.17. The fourth-order valence-electron chi connectivity index (χ4n) is 3.53. The monoisotopic (exact) mass is 433 g/mol. The van der Waals surface area contributed by atoms with Gasteiger partial charge in [-0.3, -0.25) is 9.69 Å². The zero-order chi connectivity index (χ0) is 21.6. The number of ether oxygens (including phenoxy) is 2. The van der Waals surface area contributed by atoms with E-state index in [9.17, 15) is 18.3 Å². The van der Waals surface area contributed by atoms with Gasteiger partial charge in [0.15, 0.2) is 9.84 Å². The molecule has 2 aromatic carbocycles. The molecule has 0 aliphatic carbocycles. The van der Waals surface area contributed by atoms with Crippen LogP contribution in [-0.2, 0) is 16.4 Å². The zero-order valence-corrected chi connectivity index (χ0v) is 17.8. The highest BCUT2D eigenvalue weighted by molar-refractivity contribution is 7.91. The molecule has 8 heteroatoms. The van der Waals surface area contributed by atoms with E-state index in [1.165, 1.54) is 0 Å². The molecular weight excluding hydrogens is 406 g/mol. The van der Waals surface area contributed by atoms with Crippen molar-refractivity contribution < 1.29 is 27.8 Å². The second kappa shape index (κ2) is 10.1. The van der Waals surface area contributed by atoms with E-state index in [1.807, 2.05) is 29.2 Å². The van der Waals surface area contributed by atoms with Crippen LogP contribution in [0, 0.1) is 0 Å². The van der Waals surface area contributed by atoms with Crippen LogP contribution in [0.1, 0.15) is 22.3 Å². The summed E-state index contributed by atoms with van der Waals surface area (Å²) in [5, 5.41) is 10.5. The molecule has 1 heterocycles. The van der Waals surface area contributed by atoms with E-state index in [1.54, 1.807) is 31.4 Å². The Kier molecular flexibility index (Phi) is 7.47. The van der Waals surface area contributed by atoms with Crippen LogP contribution in [0.2, 0.25) is 0 Å². The molecule has 162 valence electrons. The van der Waals surface area contributed by atoms with E-state index in [0.29, 0.717) is 30.8 Å². The van der Waals surface area contributed by atoms with Crippen LogP contribution in [0.15, 0.2) is 48.5 Å². The lowest BCUT2D eigenvalue weighted by Crippen LogP contribution is -2.42. The van der Waals surface area contributed by atoms with E-state index >= 15 is 0 Å². The van der Waals surface area contributed by atoms with Crippen molar-refractivity contribution in [2.45, 2.75) is 25.1 Å². The number of methoxy groups -OCH3 is 1. The summed E-state index contributed by atoms with van der Waals surface area (Å²) in [4.78, 5) is 12.7. The Balaban J connectivity index is 1.63. The first-order valence-electron chi connectivity index (χ1n) is 9.82. The molecule has 0 spiro atoms. The van der Waals surface area contributed by atoms with Crippen molar-refractivity contribution in [2.75, 3.05) is 31.8 Å². The van der Waals surface area contributed by atoms with Crippen molar-refractivity contribution in [1.29, 1.82) is 0 Å². The molecule has 1 N–H and O–H groups in total. The maximum absolute atomic E-state index is 12.0. The number of aliphatic hydroxyl groups is 1. The van der Waals surface area contributed by atoms with Crippen molar-refractivity contribution in [2.24, 2.45) is 0 Å². The van der Waals surface area contributed by atoms with Crippen LogP contribution >= 0.6 is 0 Å². The molecule has 3 rings (SSSR count). The van der Waals surface area contributed by atoms with E-state index in [-0.39, 0.29) is 24.2 Å². The molecule has 2 unspecified atom stereocenters. The van der Waals surface area contributed by atoms with Gasteiger partial charge >= 0.3 is 0 Å². The maximum atomic E-state index is 12.0. The van der Waals surface area contributed by atoms with Gasteiger partial charge in [0.05, 0.1) is 18.6 Å². The minimum absolute atomic E-state index is 0.0685. The molecule has 1 saturated heterocycles. The summed E-state index contributed by atoms with van der Waals surface area (Å²) in [5.74, 6) is 1.59. The van der Waals surface area contributed by atoms with Gasteiger partial charge < -0.3 is 14.6 Å². The van der Waals surface area contributed by atoms with Gasteiger partial charge in [0.1, 0.15) is 30.5 Å². The molecule has 2 aromatic rings. The summed E-state index contributed by atoms with van der Waals surface area (Å²) in [6.07, 6.45) is 0.516. The van der Waals surface area contributed by atoms with Gasteiger partial charge in [-0.15, -0.1) is 0 Å². The fourth-order valence-corrected chi connectivity index (χ4v) is 5.29. The average molecular weight is 434 g/mol. The maximum Gasteiger partial charge on any atom is 0.151 e. The van der Waals surface area contributed by atoms with Gasteiger partial charge in [-0.2, -0.15) is 0 Å². The van der Waals surface area contributed by atoms with Crippen LogP contribution < -0.4 is 9.47 Å². The Morgan fingerprint density at radius 1 is 1.13 bits per heavy atom. The van der Waals surface area contributed by atoms with Crippen LogP contribution in [0.5, 0.6) is 11.5 Å². The lowest BCUT2D eigenvalue weighted by Gasteiger charge is -2.30. The number of carbonyl (C=O) groups is 1. The number of sulfone groups is 1. The summed E-state index contributed by atoms with van der Waals surface area (Å²) >= 11 is 0. The number of rotatable bonds is 10. The lowest BCUT2D eigenvalue weighted by molar-refractivity contribution is 0.0524. The summed E-state index contributed by atoms with van der Waals surface area (Å²) in [6.45, 7) is 0.882. The Bertz CT molecular complexity index is 927. The first-order valence-corrected chi connectivity index (χ1v) is 11.6. The summed E-state index contributed by atoms with van der Waals surface area (Å²) in [7, 11) is -1.44. The standard InChI is InChI=1S/C22H27NO6S/c1-28-21-6-2-17(3-7-21)12-23(19-10-11-30(26,27)16-19)13-20(25)15-29-22-8-4-18(14-24)5-9-22/h2-9,14,19-20,25H,10-13,15-16H2,1H3. The van der Waals surface area contributed by atoms with Crippen LogP contribution in [0.3, 0.4) is 0 Å². The Morgan fingerprint density at radius 2 is 1.80 bits per heavy atom. The molecular formula is C22H27NO6S. The normalized spacial score (nSPS) is 18.8. The van der Waals surface area contributed by atoms with Crippen molar-refractivity contribution in [1.82, 2.24) is 4.90 Å². The van der Waals surface area contributed by atoms with E-state index < -0.39 is 15.9 Å². The Labute approximate surface area is 177 Å². The van der Waals surface area contributed by atoms with Gasteiger partial charge in [0.25, 0.3) is 0 Å². The van der Waals surface area contributed by atoms with Crippen molar-refractivity contribution >= 4 is 16.1 Å². The molecule has 30 heavy (non-hydrogen) atoms. The summed E-state index contributed by atoms with van der Waals surface area (Å²) in [6, 6.07) is 14.1. The smallest absolute Gasteiger partial charge is 0.151 e. The second-order valence-corrected chi connectivity index (χ2v) is 9.71. The minimum atomic E-state index is -3.04. The summed E-state index contributed by atoms with van der Waals surface area (Å²) < 4.78 is 34.8. The quantitative estimate of drug-likeness (QED) is 0.572. The molecule has 1 aliphatic heterocycles. The van der Waals surface area contributed by atoms with Gasteiger partial charge in [-0.1, -0.05) is 12.1 Å². The number of hydrogen-bond acceptors (Lipinski definition) is 7. The third-order valence-corrected chi connectivity index (χ3v) is 6.92. The molecule has 0 amide bonds. The van der Waals surface area contributed by atoms with E-state index in [2.05, 4.69) is 0 Å². The molecule has 7 nitrogen and oxygen atoms in total. The van der Waals surface area contributed by atoms with Crippen LogP contribution in [-0.4, -0.2) is 68.6 Å². The highest BCUT2D eigenvalue weighted by atomic mass is 32.2. The lowest BCUT2D eigenvalue weighted by atomic mass is 10.1. The second-order valence-electron chi connectivity index (χ2n) is 7.49. The number of benzene rings is 2. The SMILES string of the molecule is COc1ccc(CN(CC(O)COc2ccc(C=O)cc2)C2CCS(=O)(=O)C2)cc1. The third kappa shape index (κ3) is 6.29. The van der Waals surface area contributed by atoms with Gasteiger partial charge in [0, 0.05) is 24.7 Å². The first-order chi connectivity index (χ1) is 14.4. The molecule has 0 aromatic heterocycles. The predicted molar refractivity (Wildman–Crippen MR) is 114 cm³/mol. The first kappa shape index (κ1) is 22.3. The van der Waals surface area contributed by atoms with Crippen molar-refractivity contribution in [3.63, 3.8) is 0 Å². The molecule has 0 radical (unpaired) electrons. The van der Waals surface area contributed by atoms with Gasteiger partial charge in [-0.25, -0.2) is 8.42 Å². The van der Waals surface area contributed by atoms with E-state index in [4.69, 9.17) is 9.47 Å². The van der Waals surface area contributed by atoms with E-state index in [0.717, 1.165) is 17.6 Å².